The molecule has 0 saturated carbocycles. The second-order valence-electron chi connectivity index (χ2n) is 5.21. The molecule has 0 spiro atoms. The summed E-state index contributed by atoms with van der Waals surface area (Å²) < 4.78 is 11.0. The van der Waals surface area contributed by atoms with Crippen LogP contribution in [0.4, 0.5) is 16.2 Å². The average Bonchev–Trinajstić information content (AvgIpc) is 2.59. The normalized spacial score (nSPS) is 12.3. The third kappa shape index (κ3) is 4.80. The van der Waals surface area contributed by atoms with Crippen molar-refractivity contribution >= 4 is 35.1 Å². The van der Waals surface area contributed by atoms with Crippen LogP contribution in [0.5, 0.6) is 11.5 Å². The van der Waals surface area contributed by atoms with E-state index in [0.29, 0.717) is 30.3 Å². The smallest absolute Gasteiger partial charge is 0.316 e. The molecule has 130 valence electrons. The summed E-state index contributed by atoms with van der Waals surface area (Å²) in [7, 11) is 0. The van der Waals surface area contributed by atoms with E-state index in [0.717, 1.165) is 10.6 Å². The number of amides is 3. The summed E-state index contributed by atoms with van der Waals surface area (Å²) in [6.07, 6.45) is 0. The first-order chi connectivity index (χ1) is 12.1. The van der Waals surface area contributed by atoms with Crippen LogP contribution in [0.25, 0.3) is 0 Å². The molecule has 2 aromatic rings. The van der Waals surface area contributed by atoms with Crippen LogP contribution in [0.15, 0.2) is 47.4 Å². The summed E-state index contributed by atoms with van der Waals surface area (Å²) in [6.45, 7) is 1.07. The molecule has 0 aromatic heterocycles. The number of ether oxygens (including phenoxy) is 2. The van der Waals surface area contributed by atoms with E-state index in [2.05, 4.69) is 10.6 Å². The van der Waals surface area contributed by atoms with Gasteiger partial charge in [0.15, 0.2) is 11.5 Å². The molecular weight excluding hydrogens is 342 g/mol. The van der Waals surface area contributed by atoms with Crippen LogP contribution in [0, 0.1) is 0 Å². The number of nitrogens with two attached hydrogens (primary N) is 1. The van der Waals surface area contributed by atoms with Gasteiger partial charge in [-0.25, -0.2) is 4.79 Å². The van der Waals surface area contributed by atoms with Crippen molar-refractivity contribution in [3.63, 3.8) is 0 Å². The second-order valence-corrected chi connectivity index (χ2v) is 6.26. The summed E-state index contributed by atoms with van der Waals surface area (Å²) >= 11 is 1.40. The van der Waals surface area contributed by atoms with Gasteiger partial charge in [0.1, 0.15) is 13.2 Å². The lowest BCUT2D eigenvalue weighted by Crippen LogP contribution is -2.19. The van der Waals surface area contributed by atoms with E-state index in [1.165, 1.54) is 11.8 Å². The maximum Gasteiger partial charge on any atom is 0.316 e. The van der Waals surface area contributed by atoms with Crippen molar-refractivity contribution in [3.05, 3.63) is 42.5 Å². The molecule has 25 heavy (non-hydrogen) atoms. The predicted octanol–water partition coefficient (Wildman–Crippen LogP) is 2.68. The van der Waals surface area contributed by atoms with Crippen LogP contribution in [-0.4, -0.2) is 30.9 Å². The first-order valence-electron chi connectivity index (χ1n) is 7.59. The molecule has 1 aliphatic rings. The van der Waals surface area contributed by atoms with E-state index < -0.39 is 6.03 Å². The molecule has 8 heteroatoms. The number of carbonyl (C=O) groups is 2. The molecule has 0 bridgehead atoms. The topological polar surface area (TPSA) is 103 Å². The number of nitrogens with one attached hydrogen (secondary N) is 2. The third-order valence-electron chi connectivity index (χ3n) is 3.30. The highest BCUT2D eigenvalue weighted by molar-refractivity contribution is 8.00. The molecule has 0 fully saturated rings. The molecule has 0 saturated heterocycles. The summed E-state index contributed by atoms with van der Waals surface area (Å²) in [4.78, 5) is 23.9. The highest BCUT2D eigenvalue weighted by atomic mass is 32.2. The molecule has 0 atom stereocenters. The number of hydrogen-bond donors (Lipinski definition) is 3. The zero-order valence-corrected chi connectivity index (χ0v) is 14.1. The molecule has 4 N–H and O–H groups in total. The zero-order valence-electron chi connectivity index (χ0n) is 13.3. The lowest BCUT2D eigenvalue weighted by atomic mass is 10.3. The van der Waals surface area contributed by atoms with Crippen molar-refractivity contribution < 1.29 is 19.1 Å². The Morgan fingerprint density at radius 2 is 1.72 bits per heavy atom. The van der Waals surface area contributed by atoms with Crippen molar-refractivity contribution in [2.24, 2.45) is 5.73 Å². The van der Waals surface area contributed by atoms with Crippen molar-refractivity contribution in [3.8, 4) is 11.5 Å². The first kappa shape index (κ1) is 17.0. The summed E-state index contributed by atoms with van der Waals surface area (Å²) in [5, 5.41) is 5.24. The Hall–Kier alpha value is -2.87. The van der Waals surface area contributed by atoms with Crippen LogP contribution in [-0.2, 0) is 4.79 Å². The third-order valence-corrected chi connectivity index (χ3v) is 4.29. The molecule has 1 aliphatic heterocycles. The van der Waals surface area contributed by atoms with Crippen molar-refractivity contribution in [2.45, 2.75) is 4.90 Å². The van der Waals surface area contributed by atoms with Crippen molar-refractivity contribution in [1.82, 2.24) is 0 Å². The maximum absolute atomic E-state index is 12.1. The summed E-state index contributed by atoms with van der Waals surface area (Å²) in [6, 6.07) is 11.7. The van der Waals surface area contributed by atoms with Gasteiger partial charge >= 0.3 is 6.03 Å². The van der Waals surface area contributed by atoms with E-state index >= 15 is 0 Å². The minimum atomic E-state index is -0.655. The number of carbonyl (C=O) groups excluding carboxylic acids is 2. The SMILES string of the molecule is NC(=O)Nc1cccc(NC(=O)CSc2ccc3c(c2)OCCO3)c1. The minimum absolute atomic E-state index is 0.156. The van der Waals surface area contributed by atoms with Crippen LogP contribution in [0.2, 0.25) is 0 Å². The van der Waals surface area contributed by atoms with Gasteiger partial charge < -0.3 is 25.8 Å². The maximum atomic E-state index is 12.1. The Labute approximate surface area is 148 Å². The van der Waals surface area contributed by atoms with Gasteiger partial charge in [0.05, 0.1) is 5.75 Å². The number of fused-ring (bicyclic) bond motifs is 1. The fraction of sp³-hybridized carbons (Fsp3) is 0.176. The molecule has 7 nitrogen and oxygen atoms in total. The quantitative estimate of drug-likeness (QED) is 0.712. The minimum Gasteiger partial charge on any atom is -0.486 e. The Morgan fingerprint density at radius 1 is 1.00 bits per heavy atom. The molecule has 1 heterocycles. The number of urea groups is 1. The Bertz CT molecular complexity index is 797. The van der Waals surface area contributed by atoms with Gasteiger partial charge in [0.2, 0.25) is 5.91 Å². The van der Waals surface area contributed by atoms with E-state index in [9.17, 15) is 9.59 Å². The van der Waals surface area contributed by atoms with Gasteiger partial charge in [-0.1, -0.05) is 6.07 Å². The molecule has 0 aliphatic carbocycles. The predicted molar refractivity (Wildman–Crippen MR) is 96.4 cm³/mol. The molecule has 0 unspecified atom stereocenters. The van der Waals surface area contributed by atoms with E-state index in [1.54, 1.807) is 24.3 Å². The van der Waals surface area contributed by atoms with Crippen LogP contribution < -0.4 is 25.8 Å². The van der Waals surface area contributed by atoms with E-state index in [1.807, 2.05) is 18.2 Å². The van der Waals surface area contributed by atoms with Crippen molar-refractivity contribution in [2.75, 3.05) is 29.6 Å². The van der Waals surface area contributed by atoms with Gasteiger partial charge in [-0.2, -0.15) is 0 Å². The number of thioether (sulfide) groups is 1. The molecule has 3 rings (SSSR count). The number of rotatable bonds is 5. The average molecular weight is 359 g/mol. The van der Waals surface area contributed by atoms with E-state index in [-0.39, 0.29) is 11.7 Å². The Kier molecular flexibility index (Phi) is 5.30. The first-order valence-corrected chi connectivity index (χ1v) is 8.57. The Morgan fingerprint density at radius 3 is 2.48 bits per heavy atom. The largest absolute Gasteiger partial charge is 0.486 e. The van der Waals surface area contributed by atoms with Crippen LogP contribution in [0.3, 0.4) is 0 Å². The number of hydrogen-bond acceptors (Lipinski definition) is 5. The Balaban J connectivity index is 1.55. The molecule has 0 radical (unpaired) electrons. The lowest BCUT2D eigenvalue weighted by molar-refractivity contribution is -0.113. The molecule has 2 aromatic carbocycles. The van der Waals surface area contributed by atoms with Gasteiger partial charge in [0, 0.05) is 16.3 Å². The summed E-state index contributed by atoms with van der Waals surface area (Å²) in [5.74, 6) is 1.50. The number of benzene rings is 2. The fourth-order valence-corrected chi connectivity index (χ4v) is 3.00. The van der Waals surface area contributed by atoms with Gasteiger partial charge in [-0.15, -0.1) is 11.8 Å². The lowest BCUT2D eigenvalue weighted by Gasteiger charge is -2.18. The second kappa shape index (κ2) is 7.80. The highest BCUT2D eigenvalue weighted by Crippen LogP contribution is 2.34. The zero-order chi connectivity index (χ0) is 17.6. The van der Waals surface area contributed by atoms with Gasteiger partial charge in [-0.3, -0.25) is 4.79 Å². The van der Waals surface area contributed by atoms with Crippen molar-refractivity contribution in [1.29, 1.82) is 0 Å². The monoisotopic (exact) mass is 359 g/mol. The molecule has 3 amide bonds. The number of anilines is 2. The van der Waals surface area contributed by atoms with E-state index in [4.69, 9.17) is 15.2 Å². The standard InChI is InChI=1S/C17H17N3O4S/c18-17(22)20-12-3-1-2-11(8-12)19-16(21)10-25-13-4-5-14-15(9-13)24-7-6-23-14/h1-5,8-9H,6-7,10H2,(H,19,21)(H3,18,20,22). The van der Waals surface area contributed by atoms with Gasteiger partial charge in [-0.05, 0) is 36.4 Å². The van der Waals surface area contributed by atoms with Crippen LogP contribution >= 0.6 is 11.8 Å². The number of primary amides is 1. The van der Waals surface area contributed by atoms with Gasteiger partial charge in [0.25, 0.3) is 0 Å². The fourth-order valence-electron chi connectivity index (χ4n) is 2.28. The van der Waals surface area contributed by atoms with Crippen LogP contribution in [0.1, 0.15) is 0 Å². The molecular formula is C17H17N3O4S. The highest BCUT2D eigenvalue weighted by Gasteiger charge is 2.12. The summed E-state index contributed by atoms with van der Waals surface area (Å²) in [5.41, 5.74) is 6.18.